The van der Waals surface area contributed by atoms with Crippen molar-refractivity contribution in [3.63, 3.8) is 0 Å². The zero-order valence-electron chi connectivity index (χ0n) is 11.0. The molecule has 1 aromatic carbocycles. The monoisotopic (exact) mass is 346 g/mol. The molecule has 0 radical (unpaired) electrons. The van der Waals surface area contributed by atoms with Crippen LogP contribution in [-0.2, 0) is 6.54 Å². The van der Waals surface area contributed by atoms with Crippen LogP contribution < -0.4 is 5.73 Å². The van der Waals surface area contributed by atoms with Gasteiger partial charge in [-0.05, 0) is 23.8 Å². The van der Waals surface area contributed by atoms with Gasteiger partial charge in [-0.1, -0.05) is 28.1 Å². The second-order valence-corrected chi connectivity index (χ2v) is 5.56. The number of benzene rings is 1. The summed E-state index contributed by atoms with van der Waals surface area (Å²) >= 11 is 3.40. The molecule has 3 aromatic rings. The summed E-state index contributed by atoms with van der Waals surface area (Å²) in [5, 5.41) is 4.41. The Morgan fingerprint density at radius 3 is 2.67 bits per heavy atom. The fraction of sp³-hybridized carbons (Fsp3) is 0.0667. The van der Waals surface area contributed by atoms with Gasteiger partial charge in [0.15, 0.2) is 0 Å². The molecule has 0 saturated heterocycles. The Labute approximate surface area is 129 Å². The second kappa shape index (κ2) is 5.65. The molecule has 0 fully saturated rings. The van der Waals surface area contributed by atoms with Crippen LogP contribution in [0.15, 0.2) is 53.4 Å². The first-order valence-corrected chi connectivity index (χ1v) is 7.09. The van der Waals surface area contributed by atoms with Gasteiger partial charge in [-0.15, -0.1) is 0 Å². The van der Waals surface area contributed by atoms with Crippen LogP contribution in [0.25, 0.3) is 11.3 Å². The Balaban J connectivity index is 1.89. The number of nitrogen functional groups attached to an aromatic ring is 1. The normalized spacial score (nSPS) is 10.8. The Morgan fingerprint density at radius 2 is 1.95 bits per heavy atom. The van der Waals surface area contributed by atoms with E-state index in [4.69, 9.17) is 5.73 Å². The third-order valence-corrected chi connectivity index (χ3v) is 3.55. The van der Waals surface area contributed by atoms with Gasteiger partial charge in [0.2, 0.25) is 0 Å². The van der Waals surface area contributed by atoms with Crippen LogP contribution in [-0.4, -0.2) is 14.8 Å². The maximum atomic E-state index is 13.2. The molecule has 0 aliphatic rings. The molecule has 6 heteroatoms. The highest BCUT2D eigenvalue weighted by atomic mass is 79.9. The van der Waals surface area contributed by atoms with Crippen molar-refractivity contribution in [2.45, 2.75) is 6.54 Å². The van der Waals surface area contributed by atoms with E-state index in [1.165, 1.54) is 6.07 Å². The predicted molar refractivity (Wildman–Crippen MR) is 83.1 cm³/mol. The minimum atomic E-state index is -0.408. The molecule has 2 aromatic heterocycles. The maximum absolute atomic E-state index is 13.2. The summed E-state index contributed by atoms with van der Waals surface area (Å²) in [6, 6.07) is 9.32. The van der Waals surface area contributed by atoms with Crippen LogP contribution in [0.3, 0.4) is 0 Å². The van der Waals surface area contributed by atoms with Crippen LogP contribution in [0.2, 0.25) is 0 Å². The number of halogens is 2. The molecule has 0 atom stereocenters. The van der Waals surface area contributed by atoms with E-state index in [1.807, 2.05) is 24.3 Å². The van der Waals surface area contributed by atoms with Crippen molar-refractivity contribution in [2.75, 3.05) is 5.73 Å². The first kappa shape index (κ1) is 13.8. The van der Waals surface area contributed by atoms with Crippen LogP contribution in [0.4, 0.5) is 10.1 Å². The Hall–Kier alpha value is -2.21. The van der Waals surface area contributed by atoms with Crippen molar-refractivity contribution >= 4 is 21.6 Å². The predicted octanol–water partition coefficient (Wildman–Crippen LogP) is 3.48. The lowest BCUT2D eigenvalue weighted by Crippen LogP contribution is -2.00. The van der Waals surface area contributed by atoms with Gasteiger partial charge >= 0.3 is 0 Å². The van der Waals surface area contributed by atoms with E-state index < -0.39 is 5.82 Å². The van der Waals surface area contributed by atoms with Crippen molar-refractivity contribution in [3.05, 3.63) is 64.8 Å². The molecule has 0 saturated carbocycles. The van der Waals surface area contributed by atoms with Crippen LogP contribution in [0, 0.1) is 5.82 Å². The molecule has 0 aliphatic carbocycles. The highest BCUT2D eigenvalue weighted by Gasteiger charge is 2.10. The third-order valence-electron chi connectivity index (χ3n) is 3.03. The summed E-state index contributed by atoms with van der Waals surface area (Å²) in [5.41, 5.74) is 8.67. The van der Waals surface area contributed by atoms with E-state index >= 15 is 0 Å². The SMILES string of the molecule is Nc1cn(Cc2ccc(Br)cc2)nc1-c1cncc(F)c1. The molecule has 2 N–H and O–H groups in total. The molecule has 3 rings (SSSR count). The highest BCUT2D eigenvalue weighted by molar-refractivity contribution is 9.10. The summed E-state index contributed by atoms with van der Waals surface area (Å²) in [5.74, 6) is -0.408. The molecule has 0 spiro atoms. The van der Waals surface area contributed by atoms with Crippen molar-refractivity contribution < 1.29 is 4.39 Å². The van der Waals surface area contributed by atoms with Crippen molar-refractivity contribution in [3.8, 4) is 11.3 Å². The number of aromatic nitrogens is 3. The quantitative estimate of drug-likeness (QED) is 0.789. The zero-order chi connectivity index (χ0) is 14.8. The fourth-order valence-electron chi connectivity index (χ4n) is 2.06. The molecule has 0 bridgehead atoms. The van der Waals surface area contributed by atoms with E-state index in [0.29, 0.717) is 23.5 Å². The number of nitrogens with zero attached hydrogens (tertiary/aromatic N) is 3. The van der Waals surface area contributed by atoms with Gasteiger partial charge in [0, 0.05) is 22.4 Å². The Bertz CT molecular complexity index is 768. The molecule has 0 aliphatic heterocycles. The van der Waals surface area contributed by atoms with E-state index in [0.717, 1.165) is 16.2 Å². The van der Waals surface area contributed by atoms with E-state index in [9.17, 15) is 4.39 Å². The average Bonchev–Trinajstić information content (AvgIpc) is 2.82. The number of hydrogen-bond donors (Lipinski definition) is 1. The number of nitrogens with two attached hydrogens (primary N) is 1. The zero-order valence-corrected chi connectivity index (χ0v) is 12.6. The number of hydrogen-bond acceptors (Lipinski definition) is 3. The maximum Gasteiger partial charge on any atom is 0.142 e. The molecular weight excluding hydrogens is 335 g/mol. The Kier molecular flexibility index (Phi) is 3.70. The van der Waals surface area contributed by atoms with E-state index in [-0.39, 0.29) is 0 Å². The van der Waals surface area contributed by atoms with Gasteiger partial charge in [-0.2, -0.15) is 5.10 Å². The Morgan fingerprint density at radius 1 is 1.19 bits per heavy atom. The summed E-state index contributed by atoms with van der Waals surface area (Å²) in [7, 11) is 0. The third kappa shape index (κ3) is 3.11. The summed E-state index contributed by atoms with van der Waals surface area (Å²) in [6.45, 7) is 0.597. The molecule has 2 heterocycles. The van der Waals surface area contributed by atoms with Crippen LogP contribution in [0.1, 0.15) is 5.56 Å². The van der Waals surface area contributed by atoms with Crippen LogP contribution in [0.5, 0.6) is 0 Å². The molecule has 0 amide bonds. The fourth-order valence-corrected chi connectivity index (χ4v) is 2.32. The highest BCUT2D eigenvalue weighted by Crippen LogP contribution is 2.24. The van der Waals surface area contributed by atoms with Gasteiger partial charge in [-0.3, -0.25) is 9.67 Å². The lowest BCUT2D eigenvalue weighted by Gasteiger charge is -2.02. The number of anilines is 1. The number of rotatable bonds is 3. The molecule has 0 unspecified atom stereocenters. The standard InChI is InChI=1S/C15H12BrFN4/c16-12-3-1-10(2-4-12)8-21-9-14(18)15(20-21)11-5-13(17)7-19-6-11/h1-7,9H,8,18H2. The van der Waals surface area contributed by atoms with Crippen molar-refractivity contribution in [2.24, 2.45) is 0 Å². The summed E-state index contributed by atoms with van der Waals surface area (Å²) in [6.07, 6.45) is 4.44. The van der Waals surface area contributed by atoms with Crippen LogP contribution >= 0.6 is 15.9 Å². The molecule has 4 nitrogen and oxygen atoms in total. The second-order valence-electron chi connectivity index (χ2n) is 4.65. The summed E-state index contributed by atoms with van der Waals surface area (Å²) < 4.78 is 16.0. The smallest absolute Gasteiger partial charge is 0.142 e. The minimum absolute atomic E-state index is 0.408. The largest absolute Gasteiger partial charge is 0.396 e. The van der Waals surface area contributed by atoms with Gasteiger partial charge in [0.05, 0.1) is 18.4 Å². The first-order valence-electron chi connectivity index (χ1n) is 6.30. The van der Waals surface area contributed by atoms with Crippen molar-refractivity contribution in [1.82, 2.24) is 14.8 Å². The van der Waals surface area contributed by atoms with Gasteiger partial charge < -0.3 is 5.73 Å². The average molecular weight is 347 g/mol. The lowest BCUT2D eigenvalue weighted by atomic mass is 10.2. The topological polar surface area (TPSA) is 56.7 Å². The number of pyridine rings is 1. The van der Waals surface area contributed by atoms with E-state index in [1.54, 1.807) is 17.1 Å². The van der Waals surface area contributed by atoms with Gasteiger partial charge in [-0.25, -0.2) is 4.39 Å². The van der Waals surface area contributed by atoms with Gasteiger partial charge in [0.25, 0.3) is 0 Å². The molecule has 106 valence electrons. The van der Waals surface area contributed by atoms with Crippen molar-refractivity contribution in [1.29, 1.82) is 0 Å². The van der Waals surface area contributed by atoms with Gasteiger partial charge in [0.1, 0.15) is 11.5 Å². The lowest BCUT2D eigenvalue weighted by molar-refractivity contribution is 0.621. The minimum Gasteiger partial charge on any atom is -0.396 e. The first-order chi connectivity index (χ1) is 10.1. The molecular formula is C15H12BrFN4. The van der Waals surface area contributed by atoms with E-state index in [2.05, 4.69) is 26.0 Å². The molecule has 21 heavy (non-hydrogen) atoms. The summed E-state index contributed by atoms with van der Waals surface area (Å²) in [4.78, 5) is 3.82.